The monoisotopic (exact) mass is 493 g/mol. The van der Waals surface area contributed by atoms with Crippen LogP contribution in [0.25, 0.3) is 11.4 Å². The van der Waals surface area contributed by atoms with Crippen LogP contribution in [0.3, 0.4) is 0 Å². The molecule has 0 unspecified atom stereocenters. The summed E-state index contributed by atoms with van der Waals surface area (Å²) in [6, 6.07) is 23.4. The summed E-state index contributed by atoms with van der Waals surface area (Å²) < 4.78 is 29.9. The summed E-state index contributed by atoms with van der Waals surface area (Å²) in [5.74, 6) is 0.252. The van der Waals surface area contributed by atoms with Gasteiger partial charge in [-0.05, 0) is 48.9 Å². The summed E-state index contributed by atoms with van der Waals surface area (Å²) >= 11 is 1.22. The molecule has 1 aromatic heterocycles. The van der Waals surface area contributed by atoms with Crippen molar-refractivity contribution in [3.05, 3.63) is 90.0 Å². The molecule has 3 N–H and O–H groups in total. The van der Waals surface area contributed by atoms with Gasteiger partial charge in [-0.1, -0.05) is 59.8 Å². The Labute approximate surface area is 202 Å². The third-order valence-corrected chi connectivity index (χ3v) is 7.36. The van der Waals surface area contributed by atoms with Gasteiger partial charge in [0, 0.05) is 11.3 Å². The normalized spacial score (nSPS) is 11.3. The van der Waals surface area contributed by atoms with Crippen molar-refractivity contribution in [3.63, 3.8) is 0 Å². The first kappa shape index (κ1) is 23.5. The standard InChI is InChI=1S/C24H23N5O3S2/c1-17-7-13-21(14-8-17)34(31,32)28-20-11-9-19(10-12-20)23-26-27-24(33-16-22(25)30)29(23)15-18-5-3-2-4-6-18/h2-14,28H,15-16H2,1H3,(H2,25,30). The molecule has 1 heterocycles. The smallest absolute Gasteiger partial charge is 0.261 e. The third-order valence-electron chi connectivity index (χ3n) is 4.97. The Morgan fingerprint density at radius 3 is 2.29 bits per heavy atom. The van der Waals surface area contributed by atoms with Crippen molar-refractivity contribution in [2.45, 2.75) is 23.5 Å². The SMILES string of the molecule is Cc1ccc(S(=O)(=O)Nc2ccc(-c3nnc(SCC(N)=O)n3Cc3ccccc3)cc2)cc1. The van der Waals surface area contributed by atoms with Crippen LogP contribution in [0.5, 0.6) is 0 Å². The highest BCUT2D eigenvalue weighted by Gasteiger charge is 2.17. The minimum absolute atomic E-state index is 0.0899. The van der Waals surface area contributed by atoms with Crippen molar-refractivity contribution in [2.75, 3.05) is 10.5 Å². The largest absolute Gasteiger partial charge is 0.369 e. The van der Waals surface area contributed by atoms with Crippen LogP contribution in [0.1, 0.15) is 11.1 Å². The van der Waals surface area contributed by atoms with E-state index in [0.29, 0.717) is 23.2 Å². The molecule has 174 valence electrons. The van der Waals surface area contributed by atoms with Gasteiger partial charge >= 0.3 is 0 Å². The van der Waals surface area contributed by atoms with Gasteiger partial charge in [-0.3, -0.25) is 14.1 Å². The number of aromatic nitrogens is 3. The summed E-state index contributed by atoms with van der Waals surface area (Å²) in [6.07, 6.45) is 0. The Morgan fingerprint density at radius 2 is 1.65 bits per heavy atom. The third kappa shape index (κ3) is 5.64. The van der Waals surface area contributed by atoms with Gasteiger partial charge in [-0.2, -0.15) is 0 Å². The molecule has 0 aliphatic carbocycles. The van der Waals surface area contributed by atoms with Crippen molar-refractivity contribution in [1.82, 2.24) is 14.8 Å². The summed E-state index contributed by atoms with van der Waals surface area (Å²) in [4.78, 5) is 11.5. The second kappa shape index (κ2) is 10.1. The van der Waals surface area contributed by atoms with Crippen molar-refractivity contribution in [1.29, 1.82) is 0 Å². The molecule has 34 heavy (non-hydrogen) atoms. The highest BCUT2D eigenvalue weighted by atomic mass is 32.2. The van der Waals surface area contributed by atoms with E-state index in [-0.39, 0.29) is 10.6 Å². The lowest BCUT2D eigenvalue weighted by Gasteiger charge is -2.11. The summed E-state index contributed by atoms with van der Waals surface area (Å²) in [7, 11) is -3.70. The minimum atomic E-state index is -3.70. The average Bonchev–Trinajstić information content (AvgIpc) is 3.21. The first-order chi connectivity index (χ1) is 16.3. The van der Waals surface area contributed by atoms with E-state index in [1.165, 1.54) is 11.8 Å². The first-order valence-corrected chi connectivity index (χ1v) is 12.9. The van der Waals surface area contributed by atoms with Crippen LogP contribution in [0, 0.1) is 6.92 Å². The molecule has 10 heteroatoms. The highest BCUT2D eigenvalue weighted by Crippen LogP contribution is 2.27. The number of nitrogens with one attached hydrogen (secondary N) is 1. The molecule has 0 saturated carbocycles. The van der Waals surface area contributed by atoms with Gasteiger partial charge in [0.1, 0.15) is 0 Å². The molecule has 0 fully saturated rings. The Bertz CT molecular complexity index is 1390. The number of nitrogens with zero attached hydrogens (tertiary/aromatic N) is 3. The zero-order valence-electron chi connectivity index (χ0n) is 18.4. The van der Waals surface area contributed by atoms with Crippen LogP contribution in [-0.2, 0) is 21.4 Å². The van der Waals surface area contributed by atoms with Gasteiger partial charge in [0.05, 0.1) is 17.2 Å². The van der Waals surface area contributed by atoms with Crippen LogP contribution in [0.2, 0.25) is 0 Å². The zero-order chi connectivity index (χ0) is 24.1. The number of hydrogen-bond acceptors (Lipinski definition) is 6. The number of hydrogen-bond donors (Lipinski definition) is 2. The molecule has 0 atom stereocenters. The maximum absolute atomic E-state index is 12.7. The zero-order valence-corrected chi connectivity index (χ0v) is 20.0. The molecule has 0 aliphatic heterocycles. The van der Waals surface area contributed by atoms with Gasteiger partial charge in [-0.15, -0.1) is 10.2 Å². The van der Waals surface area contributed by atoms with E-state index >= 15 is 0 Å². The quantitative estimate of drug-likeness (QED) is 0.343. The van der Waals surface area contributed by atoms with E-state index in [1.54, 1.807) is 48.5 Å². The maximum Gasteiger partial charge on any atom is 0.261 e. The lowest BCUT2D eigenvalue weighted by molar-refractivity contribution is -0.115. The summed E-state index contributed by atoms with van der Waals surface area (Å²) in [5.41, 5.74) is 8.52. The molecule has 0 radical (unpaired) electrons. The van der Waals surface area contributed by atoms with Crippen molar-refractivity contribution in [3.8, 4) is 11.4 Å². The molecule has 3 aromatic carbocycles. The Morgan fingerprint density at radius 1 is 0.971 bits per heavy atom. The molecule has 0 saturated heterocycles. The average molecular weight is 494 g/mol. The van der Waals surface area contributed by atoms with Crippen LogP contribution < -0.4 is 10.5 Å². The fourth-order valence-corrected chi connectivity index (χ4v) is 5.01. The van der Waals surface area contributed by atoms with Crippen LogP contribution >= 0.6 is 11.8 Å². The van der Waals surface area contributed by atoms with Crippen molar-refractivity contribution < 1.29 is 13.2 Å². The number of amides is 1. The van der Waals surface area contributed by atoms with Gasteiger partial charge in [-0.25, -0.2) is 8.42 Å². The Hall–Kier alpha value is -3.63. The maximum atomic E-state index is 12.7. The van der Waals surface area contributed by atoms with E-state index in [4.69, 9.17) is 5.73 Å². The second-order valence-corrected chi connectivity index (χ2v) is 10.3. The van der Waals surface area contributed by atoms with Crippen LogP contribution in [-0.4, -0.2) is 34.8 Å². The number of rotatable bonds is 9. The van der Waals surface area contributed by atoms with E-state index in [0.717, 1.165) is 16.7 Å². The van der Waals surface area contributed by atoms with Crippen molar-refractivity contribution in [2.24, 2.45) is 5.73 Å². The van der Waals surface area contributed by atoms with E-state index in [2.05, 4.69) is 14.9 Å². The Balaban J connectivity index is 1.60. The van der Waals surface area contributed by atoms with E-state index in [1.807, 2.05) is 41.8 Å². The summed E-state index contributed by atoms with van der Waals surface area (Å²) in [5, 5.41) is 9.14. The molecule has 0 spiro atoms. The Kier molecular flexibility index (Phi) is 6.99. The van der Waals surface area contributed by atoms with E-state index < -0.39 is 15.9 Å². The number of sulfonamides is 1. The van der Waals surface area contributed by atoms with Gasteiger partial charge < -0.3 is 5.73 Å². The predicted octanol–water partition coefficient (Wildman–Crippen LogP) is 3.68. The lowest BCUT2D eigenvalue weighted by atomic mass is 10.2. The molecule has 1 amide bonds. The number of benzene rings is 3. The molecule has 8 nitrogen and oxygen atoms in total. The number of nitrogens with two attached hydrogens (primary N) is 1. The fourth-order valence-electron chi connectivity index (χ4n) is 3.27. The van der Waals surface area contributed by atoms with Crippen molar-refractivity contribution >= 4 is 33.4 Å². The molecular weight excluding hydrogens is 470 g/mol. The number of thioether (sulfide) groups is 1. The molecule has 0 bridgehead atoms. The number of carbonyl (C=O) groups is 1. The summed E-state index contributed by atoms with van der Waals surface area (Å²) in [6.45, 7) is 2.41. The first-order valence-electron chi connectivity index (χ1n) is 10.4. The fraction of sp³-hybridized carbons (Fsp3) is 0.125. The second-order valence-electron chi connectivity index (χ2n) is 7.63. The lowest BCUT2D eigenvalue weighted by Crippen LogP contribution is -2.14. The van der Waals surface area contributed by atoms with Gasteiger partial charge in [0.25, 0.3) is 10.0 Å². The number of carbonyl (C=O) groups excluding carboxylic acids is 1. The number of aryl methyl sites for hydroxylation is 1. The highest BCUT2D eigenvalue weighted by molar-refractivity contribution is 7.99. The minimum Gasteiger partial charge on any atom is -0.369 e. The van der Waals surface area contributed by atoms with Gasteiger partial charge in [0.2, 0.25) is 5.91 Å². The topological polar surface area (TPSA) is 120 Å². The van der Waals surface area contributed by atoms with Crippen LogP contribution in [0.4, 0.5) is 5.69 Å². The number of anilines is 1. The van der Waals surface area contributed by atoms with Gasteiger partial charge in [0.15, 0.2) is 11.0 Å². The molecular formula is C24H23N5O3S2. The molecule has 4 aromatic rings. The molecule has 4 rings (SSSR count). The van der Waals surface area contributed by atoms with Crippen LogP contribution in [0.15, 0.2) is 88.9 Å². The molecule has 0 aliphatic rings. The number of primary amides is 1. The predicted molar refractivity (Wildman–Crippen MR) is 133 cm³/mol. The van der Waals surface area contributed by atoms with E-state index in [9.17, 15) is 13.2 Å².